The number of rotatable bonds is 13. The van der Waals surface area contributed by atoms with E-state index >= 15 is 0 Å². The van der Waals surface area contributed by atoms with Gasteiger partial charge in [-0.25, -0.2) is 0 Å². The Morgan fingerprint density at radius 3 is 2.15 bits per heavy atom. The van der Waals surface area contributed by atoms with Gasteiger partial charge in [0, 0.05) is 89.0 Å². The number of carbonyl (C=O) groups excluding carboxylic acids is 4. The summed E-state index contributed by atoms with van der Waals surface area (Å²) in [5.74, 6) is -1.49. The van der Waals surface area contributed by atoms with Crippen molar-refractivity contribution in [2.75, 3.05) is 47.4 Å². The van der Waals surface area contributed by atoms with E-state index in [0.717, 1.165) is 28.9 Å². The second-order valence-electron chi connectivity index (χ2n) is 14.8. The minimum Gasteiger partial charge on any atom is -0.469 e. The maximum Gasteiger partial charge on any atom is 0.310 e. The monoisotopic (exact) mass is 741 g/mol. The van der Waals surface area contributed by atoms with Gasteiger partial charge >= 0.3 is 5.97 Å². The van der Waals surface area contributed by atoms with Crippen LogP contribution in [0.1, 0.15) is 131 Å². The van der Waals surface area contributed by atoms with Gasteiger partial charge in [-0.15, -0.1) is 0 Å². The van der Waals surface area contributed by atoms with Gasteiger partial charge in [-0.05, 0) is 77.0 Å². The number of methoxy groups -OCH3 is 1. The van der Waals surface area contributed by atoms with Crippen molar-refractivity contribution in [3.8, 4) is 0 Å². The SMILES string of the molecule is CC[C@H]1c2cc3[nH]c(c(CC(=O)OC)c4nc(cc5[nH]c(cc(n2)[C@@H]1C)c(C(C)=O)c5C)[C@@H](C)[C@@H]4CCC(=O)NCCO)c(C(=O)NCCN(C)C)c3C. The molecule has 290 valence electrons. The number of fused-ring (bicyclic) bond motifs is 8. The molecule has 13 nitrogen and oxygen atoms in total. The summed E-state index contributed by atoms with van der Waals surface area (Å²) in [7, 11) is 5.20. The molecule has 3 aromatic heterocycles. The Hall–Kier alpha value is -4.88. The van der Waals surface area contributed by atoms with Crippen LogP contribution in [-0.4, -0.2) is 101 Å². The van der Waals surface area contributed by atoms with Crippen LogP contribution in [0.25, 0.3) is 22.1 Å². The first-order chi connectivity index (χ1) is 25.7. The van der Waals surface area contributed by atoms with E-state index in [1.807, 2.05) is 58.0 Å². The summed E-state index contributed by atoms with van der Waals surface area (Å²) in [6, 6.07) is 5.91. The normalized spacial score (nSPS) is 18.1. The van der Waals surface area contributed by atoms with E-state index in [4.69, 9.17) is 14.7 Å². The van der Waals surface area contributed by atoms with E-state index in [1.165, 1.54) is 7.11 Å². The smallest absolute Gasteiger partial charge is 0.310 e. The average Bonchev–Trinajstić information content (AvgIpc) is 3.81. The van der Waals surface area contributed by atoms with Crippen molar-refractivity contribution in [2.45, 2.75) is 90.9 Å². The zero-order chi connectivity index (χ0) is 39.4. The fourth-order valence-electron chi connectivity index (χ4n) is 7.90. The zero-order valence-electron chi connectivity index (χ0n) is 33.0. The van der Waals surface area contributed by atoms with Crippen LogP contribution in [0.4, 0.5) is 0 Å². The molecule has 5 rings (SSSR count). The van der Waals surface area contributed by atoms with Crippen LogP contribution >= 0.6 is 0 Å². The molecule has 2 aliphatic heterocycles. The Labute approximate surface area is 316 Å². The number of hydrogen-bond acceptors (Lipinski definition) is 9. The molecule has 2 amide bonds. The van der Waals surface area contributed by atoms with Crippen LogP contribution in [0.15, 0.2) is 18.2 Å². The van der Waals surface area contributed by atoms with Crippen LogP contribution in [0, 0.1) is 13.8 Å². The van der Waals surface area contributed by atoms with Crippen LogP contribution in [0.3, 0.4) is 0 Å². The summed E-state index contributed by atoms with van der Waals surface area (Å²) in [4.78, 5) is 72.8. The number of likely N-dealkylation sites (N-methyl/N-ethyl adjacent to an activating group) is 1. The highest BCUT2D eigenvalue weighted by Gasteiger charge is 2.34. The number of esters is 1. The van der Waals surface area contributed by atoms with Gasteiger partial charge in [-0.3, -0.25) is 29.1 Å². The fourth-order valence-corrected chi connectivity index (χ4v) is 7.90. The van der Waals surface area contributed by atoms with Crippen molar-refractivity contribution in [1.29, 1.82) is 0 Å². The van der Waals surface area contributed by atoms with Gasteiger partial charge in [0.05, 0.1) is 42.4 Å². The lowest BCUT2D eigenvalue weighted by molar-refractivity contribution is -0.139. The second kappa shape index (κ2) is 17.1. The molecule has 13 heteroatoms. The highest BCUT2D eigenvalue weighted by Crippen LogP contribution is 2.43. The molecule has 2 aliphatic rings. The summed E-state index contributed by atoms with van der Waals surface area (Å²) in [6.07, 6.45) is 1.18. The van der Waals surface area contributed by atoms with Crippen molar-refractivity contribution < 1.29 is 29.0 Å². The third-order valence-electron chi connectivity index (χ3n) is 11.0. The molecule has 0 fully saturated rings. The number of ether oxygens (including phenoxy) is 1. The van der Waals surface area contributed by atoms with Crippen LogP contribution < -0.4 is 10.6 Å². The molecule has 0 aromatic carbocycles. The molecule has 54 heavy (non-hydrogen) atoms. The quantitative estimate of drug-likeness (QED) is 0.116. The first kappa shape index (κ1) is 40.3. The number of nitrogens with zero attached hydrogens (tertiary/aromatic N) is 3. The van der Waals surface area contributed by atoms with Gasteiger partial charge in [0.1, 0.15) is 0 Å². The number of nitrogens with one attached hydrogen (secondary N) is 4. The van der Waals surface area contributed by atoms with Gasteiger partial charge in [-0.1, -0.05) is 20.8 Å². The van der Waals surface area contributed by atoms with E-state index in [1.54, 1.807) is 6.92 Å². The third-order valence-corrected chi connectivity index (χ3v) is 11.0. The first-order valence-electron chi connectivity index (χ1n) is 18.8. The lowest BCUT2D eigenvalue weighted by Crippen LogP contribution is -2.31. The highest BCUT2D eigenvalue weighted by atomic mass is 16.5. The Bertz CT molecular complexity index is 2100. The molecular formula is C41H55N7O6. The summed E-state index contributed by atoms with van der Waals surface area (Å²) < 4.78 is 5.22. The number of aromatic amines is 2. The number of aliphatic hydroxyl groups excluding tert-OH is 1. The summed E-state index contributed by atoms with van der Waals surface area (Å²) >= 11 is 0. The number of carbonyl (C=O) groups is 4. The topological polar surface area (TPSA) is 182 Å². The van der Waals surface area contributed by atoms with E-state index in [2.05, 4.69) is 34.4 Å². The molecule has 4 atom stereocenters. The van der Waals surface area contributed by atoms with Crippen LogP contribution in [0.2, 0.25) is 0 Å². The van der Waals surface area contributed by atoms with E-state index in [0.29, 0.717) is 69.7 Å². The molecule has 0 saturated heterocycles. The van der Waals surface area contributed by atoms with E-state index in [9.17, 15) is 24.3 Å². The van der Waals surface area contributed by atoms with Crippen molar-refractivity contribution in [3.05, 3.63) is 68.8 Å². The van der Waals surface area contributed by atoms with Gasteiger partial charge in [0.2, 0.25) is 5.91 Å². The summed E-state index contributed by atoms with van der Waals surface area (Å²) in [5, 5.41) is 15.1. The van der Waals surface area contributed by atoms with Gasteiger partial charge in [0.25, 0.3) is 5.91 Å². The zero-order valence-corrected chi connectivity index (χ0v) is 33.0. The Kier molecular flexibility index (Phi) is 12.7. The molecule has 5 heterocycles. The lowest BCUT2D eigenvalue weighted by Gasteiger charge is -2.18. The Morgan fingerprint density at radius 2 is 1.50 bits per heavy atom. The van der Waals surface area contributed by atoms with E-state index < -0.39 is 5.97 Å². The molecule has 0 saturated carbocycles. The number of hydrogen-bond donors (Lipinski definition) is 5. The predicted octanol–water partition coefficient (Wildman–Crippen LogP) is 5.21. The van der Waals surface area contributed by atoms with Crippen molar-refractivity contribution in [3.63, 3.8) is 0 Å². The van der Waals surface area contributed by atoms with E-state index in [-0.39, 0.29) is 67.3 Å². The van der Waals surface area contributed by atoms with Crippen LogP contribution in [0.5, 0.6) is 0 Å². The van der Waals surface area contributed by atoms with Crippen molar-refractivity contribution in [2.24, 2.45) is 0 Å². The number of aryl methyl sites for hydroxylation is 2. The maximum absolute atomic E-state index is 14.2. The fraction of sp³-hybridized carbons (Fsp3) is 0.512. The largest absolute Gasteiger partial charge is 0.469 e. The molecule has 8 bridgehead atoms. The second-order valence-corrected chi connectivity index (χ2v) is 14.8. The molecule has 5 N–H and O–H groups in total. The molecular weight excluding hydrogens is 686 g/mol. The summed E-state index contributed by atoms with van der Waals surface area (Å²) in [6.45, 7) is 12.7. The lowest BCUT2D eigenvalue weighted by atomic mass is 9.85. The third kappa shape index (κ3) is 8.27. The Balaban J connectivity index is 1.94. The Morgan fingerprint density at radius 1 is 0.870 bits per heavy atom. The van der Waals surface area contributed by atoms with Gasteiger partial charge in [-0.2, -0.15) is 0 Å². The molecule has 0 aliphatic carbocycles. The van der Waals surface area contributed by atoms with Gasteiger partial charge in [0.15, 0.2) is 5.78 Å². The molecule has 0 radical (unpaired) electrons. The number of H-pyrrole nitrogens is 2. The minimum atomic E-state index is -0.505. The van der Waals surface area contributed by atoms with Crippen molar-refractivity contribution in [1.82, 2.24) is 35.5 Å². The molecule has 3 aromatic rings. The standard InChI is InChI=1S/C41H55N7O6/c1-10-26-21(2)29-20-34-37(25(6)50)23(4)31(45-34)18-30-22(3)27(11-12-35(51)42-14-16-49)39(46-30)28(17-36(52)54-9)40-38(41(53)43-13-15-48(7)8)24(5)32(47-40)19-33(26)44-29/h18-22,26-27,45,47,49H,10-17H2,1-9H3,(H,42,51)(H,43,53)/t21-,22+,26-,27+/m1/s1. The number of Topliss-reactive ketones (excluding diaryl/α,β-unsaturated/α-hetero) is 1. The summed E-state index contributed by atoms with van der Waals surface area (Å²) in [5.41, 5.74) is 8.53. The van der Waals surface area contributed by atoms with Crippen LogP contribution in [-0.2, 0) is 20.7 Å². The first-order valence-corrected chi connectivity index (χ1v) is 18.8. The predicted molar refractivity (Wildman–Crippen MR) is 209 cm³/mol. The minimum absolute atomic E-state index is 0.0593. The number of amides is 2. The van der Waals surface area contributed by atoms with Gasteiger partial charge < -0.3 is 35.3 Å². The molecule has 0 unspecified atom stereocenters. The number of aromatic nitrogens is 4. The number of aliphatic hydroxyl groups is 1. The highest BCUT2D eigenvalue weighted by molar-refractivity contribution is 6.06. The maximum atomic E-state index is 14.2. The van der Waals surface area contributed by atoms with Crippen molar-refractivity contribution >= 4 is 45.6 Å². The number of ketones is 1. The average molecular weight is 742 g/mol. The molecule has 0 spiro atoms.